The number of imide groups is 1. The van der Waals surface area contributed by atoms with Crippen molar-refractivity contribution in [1.29, 1.82) is 0 Å². The van der Waals surface area contributed by atoms with E-state index in [1.54, 1.807) is 27.0 Å². The molecule has 0 aliphatic rings. The number of carbonyl (C=O) groups excluding carboxylic acids is 2. The lowest BCUT2D eigenvalue weighted by Gasteiger charge is -2.25. The molecule has 138 valence electrons. The Balaban J connectivity index is 2.03. The van der Waals surface area contributed by atoms with Crippen molar-refractivity contribution < 1.29 is 19.1 Å². The number of benzene rings is 1. The van der Waals surface area contributed by atoms with E-state index in [-0.39, 0.29) is 13.2 Å². The molecule has 6 heteroatoms. The molecule has 0 atom stereocenters. The van der Waals surface area contributed by atoms with E-state index >= 15 is 0 Å². The van der Waals surface area contributed by atoms with Gasteiger partial charge in [-0.1, -0.05) is 36.4 Å². The minimum absolute atomic E-state index is 0.0859. The molecule has 2 amide bonds. The largest absolute Gasteiger partial charge is 0.444 e. The summed E-state index contributed by atoms with van der Waals surface area (Å²) in [6.45, 7) is 5.45. The van der Waals surface area contributed by atoms with E-state index < -0.39 is 17.8 Å². The Morgan fingerprint density at radius 2 is 1.69 bits per heavy atom. The molecule has 0 saturated heterocycles. The van der Waals surface area contributed by atoms with Crippen molar-refractivity contribution in [1.82, 2.24) is 9.88 Å². The summed E-state index contributed by atoms with van der Waals surface area (Å²) in [6.07, 6.45) is 0.618. The van der Waals surface area contributed by atoms with Gasteiger partial charge < -0.3 is 9.47 Å². The van der Waals surface area contributed by atoms with Crippen LogP contribution in [0.25, 0.3) is 0 Å². The number of ether oxygens (including phenoxy) is 2. The fourth-order valence-corrected chi connectivity index (χ4v) is 2.14. The van der Waals surface area contributed by atoms with Crippen LogP contribution in [-0.4, -0.2) is 34.2 Å². The maximum absolute atomic E-state index is 12.4. The molecule has 0 aliphatic carbocycles. The molecule has 26 heavy (non-hydrogen) atoms. The van der Waals surface area contributed by atoms with Gasteiger partial charge in [0.2, 0.25) is 0 Å². The minimum atomic E-state index is -0.737. The van der Waals surface area contributed by atoms with Gasteiger partial charge >= 0.3 is 12.2 Å². The molecule has 6 nitrogen and oxygen atoms in total. The number of carbonyl (C=O) groups is 2. The van der Waals surface area contributed by atoms with Crippen LogP contribution in [0.1, 0.15) is 32.0 Å². The molecule has 0 radical (unpaired) electrons. The van der Waals surface area contributed by atoms with Crippen LogP contribution in [0.15, 0.2) is 54.7 Å². The third-order valence-corrected chi connectivity index (χ3v) is 3.36. The van der Waals surface area contributed by atoms with Crippen molar-refractivity contribution in [2.75, 3.05) is 6.54 Å². The molecule has 2 rings (SSSR count). The average Bonchev–Trinajstić information content (AvgIpc) is 2.60. The lowest BCUT2D eigenvalue weighted by Crippen LogP contribution is -2.42. The SMILES string of the molecule is CC(C)(C)OC(=O)N(CCc1ccccn1)C(=O)OCc1ccccc1. The summed E-state index contributed by atoms with van der Waals surface area (Å²) in [5.41, 5.74) is 0.909. The maximum atomic E-state index is 12.4. The molecular formula is C20H24N2O4. The van der Waals surface area contributed by atoms with Crippen LogP contribution >= 0.6 is 0 Å². The fourth-order valence-electron chi connectivity index (χ4n) is 2.14. The molecule has 1 aromatic heterocycles. The summed E-state index contributed by atoms with van der Waals surface area (Å²) in [6, 6.07) is 14.8. The number of rotatable bonds is 5. The summed E-state index contributed by atoms with van der Waals surface area (Å²) in [5.74, 6) is 0. The lowest BCUT2D eigenvalue weighted by molar-refractivity contribution is 0.0211. The average molecular weight is 356 g/mol. The predicted octanol–water partition coefficient (Wildman–Crippen LogP) is 4.20. The Hall–Kier alpha value is -2.89. The highest BCUT2D eigenvalue weighted by Crippen LogP contribution is 2.12. The van der Waals surface area contributed by atoms with E-state index in [0.717, 1.165) is 16.2 Å². The zero-order valence-electron chi connectivity index (χ0n) is 15.3. The van der Waals surface area contributed by atoms with Gasteiger partial charge in [0.15, 0.2) is 0 Å². The van der Waals surface area contributed by atoms with Gasteiger partial charge in [0, 0.05) is 24.9 Å². The van der Waals surface area contributed by atoms with E-state index in [1.807, 2.05) is 48.5 Å². The Labute approximate surface area is 153 Å². The summed E-state index contributed by atoms with van der Waals surface area (Å²) in [7, 11) is 0. The summed E-state index contributed by atoms with van der Waals surface area (Å²) in [5, 5.41) is 0. The molecule has 0 bridgehead atoms. The lowest BCUT2D eigenvalue weighted by atomic mass is 10.2. The molecule has 0 aliphatic heterocycles. The molecular weight excluding hydrogens is 332 g/mol. The second-order valence-corrected chi connectivity index (χ2v) is 6.74. The van der Waals surface area contributed by atoms with E-state index in [1.165, 1.54) is 0 Å². The van der Waals surface area contributed by atoms with Gasteiger partial charge in [-0.2, -0.15) is 0 Å². The fraction of sp³-hybridized carbons (Fsp3) is 0.350. The van der Waals surface area contributed by atoms with Gasteiger partial charge in [0.05, 0.1) is 0 Å². The Morgan fingerprint density at radius 1 is 1.00 bits per heavy atom. The van der Waals surface area contributed by atoms with Crippen molar-refractivity contribution in [3.8, 4) is 0 Å². The van der Waals surface area contributed by atoms with Crippen LogP contribution < -0.4 is 0 Å². The monoisotopic (exact) mass is 356 g/mol. The Kier molecular flexibility index (Phi) is 6.72. The molecule has 0 fully saturated rings. The predicted molar refractivity (Wildman–Crippen MR) is 97.5 cm³/mol. The molecule has 1 heterocycles. The van der Waals surface area contributed by atoms with Crippen molar-refractivity contribution in [2.24, 2.45) is 0 Å². The molecule has 0 saturated carbocycles. The molecule has 0 N–H and O–H groups in total. The number of aromatic nitrogens is 1. The number of hydrogen-bond donors (Lipinski definition) is 0. The standard InChI is InChI=1S/C20H24N2O4/c1-20(2,3)26-19(24)22(14-12-17-11-7-8-13-21-17)18(23)25-15-16-9-5-4-6-10-16/h4-11,13H,12,14-15H2,1-3H3. The number of pyridine rings is 1. The normalized spacial score (nSPS) is 10.9. The zero-order chi connectivity index (χ0) is 19.0. The van der Waals surface area contributed by atoms with Gasteiger partial charge in [-0.3, -0.25) is 4.98 Å². The Bertz CT molecular complexity index is 712. The third-order valence-electron chi connectivity index (χ3n) is 3.36. The van der Waals surface area contributed by atoms with Crippen LogP contribution in [0.4, 0.5) is 9.59 Å². The van der Waals surface area contributed by atoms with Gasteiger partial charge in [-0.25, -0.2) is 14.5 Å². The number of nitrogens with zero attached hydrogens (tertiary/aromatic N) is 2. The maximum Gasteiger partial charge on any atom is 0.419 e. The quantitative estimate of drug-likeness (QED) is 0.803. The summed E-state index contributed by atoms with van der Waals surface area (Å²) < 4.78 is 10.6. The van der Waals surface area contributed by atoms with Gasteiger partial charge in [-0.15, -0.1) is 0 Å². The van der Waals surface area contributed by atoms with Crippen molar-refractivity contribution in [3.63, 3.8) is 0 Å². The van der Waals surface area contributed by atoms with Crippen LogP contribution in [-0.2, 0) is 22.5 Å². The number of hydrogen-bond acceptors (Lipinski definition) is 5. The van der Waals surface area contributed by atoms with Crippen LogP contribution in [0, 0.1) is 0 Å². The van der Waals surface area contributed by atoms with Gasteiger partial charge in [0.25, 0.3) is 0 Å². The van der Waals surface area contributed by atoms with E-state index in [9.17, 15) is 9.59 Å². The highest BCUT2D eigenvalue weighted by atomic mass is 16.6. The van der Waals surface area contributed by atoms with Gasteiger partial charge in [-0.05, 0) is 38.5 Å². The van der Waals surface area contributed by atoms with Crippen molar-refractivity contribution in [3.05, 3.63) is 66.0 Å². The first kappa shape index (κ1) is 19.4. The topological polar surface area (TPSA) is 68.7 Å². The first-order valence-corrected chi connectivity index (χ1v) is 8.46. The first-order valence-electron chi connectivity index (χ1n) is 8.46. The first-order chi connectivity index (χ1) is 12.3. The van der Waals surface area contributed by atoms with Crippen molar-refractivity contribution >= 4 is 12.2 Å². The van der Waals surface area contributed by atoms with E-state index in [2.05, 4.69) is 4.98 Å². The smallest absolute Gasteiger partial charge is 0.419 e. The second kappa shape index (κ2) is 8.99. The van der Waals surface area contributed by atoms with Gasteiger partial charge in [0.1, 0.15) is 12.2 Å². The zero-order valence-corrected chi connectivity index (χ0v) is 15.3. The third kappa shape index (κ3) is 6.55. The summed E-state index contributed by atoms with van der Waals surface area (Å²) >= 11 is 0. The highest BCUT2D eigenvalue weighted by Gasteiger charge is 2.28. The summed E-state index contributed by atoms with van der Waals surface area (Å²) in [4.78, 5) is 30.0. The minimum Gasteiger partial charge on any atom is -0.444 e. The van der Waals surface area contributed by atoms with E-state index in [4.69, 9.17) is 9.47 Å². The molecule has 0 spiro atoms. The second-order valence-electron chi connectivity index (χ2n) is 6.74. The van der Waals surface area contributed by atoms with Crippen LogP contribution in [0.3, 0.4) is 0 Å². The molecule has 0 unspecified atom stereocenters. The molecule has 1 aromatic carbocycles. The Morgan fingerprint density at radius 3 is 2.31 bits per heavy atom. The van der Waals surface area contributed by atoms with Crippen LogP contribution in [0.2, 0.25) is 0 Å². The van der Waals surface area contributed by atoms with E-state index in [0.29, 0.717) is 6.42 Å². The highest BCUT2D eigenvalue weighted by molar-refractivity contribution is 5.87. The van der Waals surface area contributed by atoms with Crippen molar-refractivity contribution in [2.45, 2.75) is 39.4 Å². The molecule has 2 aromatic rings. The van der Waals surface area contributed by atoms with Crippen LogP contribution in [0.5, 0.6) is 0 Å². The number of amides is 2.